The average Bonchev–Trinajstić information content (AvgIpc) is 2.28. The molecule has 0 fully saturated rings. The zero-order valence-corrected chi connectivity index (χ0v) is 10.8. The van der Waals surface area contributed by atoms with Gasteiger partial charge in [-0.3, -0.25) is 0 Å². The molecule has 0 aliphatic heterocycles. The second kappa shape index (κ2) is 5.85. The molecule has 1 heterocycles. The first kappa shape index (κ1) is 13.0. The zero-order valence-electron chi connectivity index (χ0n) is 10.8. The molecule has 1 aromatic rings. The molecule has 0 bridgehead atoms. The zero-order chi connectivity index (χ0) is 12.1. The Bertz CT molecular complexity index is 305. The topological polar surface area (TPSA) is 42.1 Å². The molecule has 0 aromatic carbocycles. The summed E-state index contributed by atoms with van der Waals surface area (Å²) in [5.41, 5.74) is 6.87. The van der Waals surface area contributed by atoms with Crippen molar-refractivity contribution in [1.29, 1.82) is 0 Å². The third kappa shape index (κ3) is 3.49. The van der Waals surface area contributed by atoms with Crippen molar-refractivity contribution in [3.05, 3.63) is 23.9 Å². The molecular weight excluding hydrogens is 198 g/mol. The Labute approximate surface area is 98.7 Å². The van der Waals surface area contributed by atoms with Gasteiger partial charge in [0.1, 0.15) is 5.82 Å². The highest BCUT2D eigenvalue weighted by Gasteiger charge is 2.07. The van der Waals surface area contributed by atoms with E-state index in [0.29, 0.717) is 5.92 Å². The molecular formula is C13H23N3. The van der Waals surface area contributed by atoms with Crippen molar-refractivity contribution in [2.75, 3.05) is 18.5 Å². The van der Waals surface area contributed by atoms with Crippen LogP contribution in [0, 0.1) is 5.92 Å². The van der Waals surface area contributed by atoms with Crippen molar-refractivity contribution in [3.8, 4) is 0 Å². The maximum Gasteiger partial charge on any atom is 0.128 e. The van der Waals surface area contributed by atoms with E-state index in [4.69, 9.17) is 5.73 Å². The Balaban J connectivity index is 2.66. The highest BCUT2D eigenvalue weighted by atomic mass is 15.2. The van der Waals surface area contributed by atoms with Gasteiger partial charge in [-0.15, -0.1) is 0 Å². The van der Waals surface area contributed by atoms with Crippen LogP contribution in [0.4, 0.5) is 5.82 Å². The number of rotatable bonds is 5. The lowest BCUT2D eigenvalue weighted by Gasteiger charge is -2.22. The van der Waals surface area contributed by atoms with E-state index in [1.54, 1.807) is 0 Å². The van der Waals surface area contributed by atoms with Gasteiger partial charge in [-0.2, -0.15) is 0 Å². The fraction of sp³-hybridized carbons (Fsp3) is 0.615. The molecule has 0 aliphatic rings. The minimum absolute atomic E-state index is 0.0569. The first-order valence-electron chi connectivity index (χ1n) is 5.97. The number of hydrogen-bond donors (Lipinski definition) is 1. The normalized spacial score (nSPS) is 14.6. The smallest absolute Gasteiger partial charge is 0.128 e. The number of anilines is 1. The van der Waals surface area contributed by atoms with Gasteiger partial charge >= 0.3 is 0 Å². The Kier molecular flexibility index (Phi) is 4.74. The van der Waals surface area contributed by atoms with Gasteiger partial charge < -0.3 is 10.6 Å². The molecule has 2 atom stereocenters. The maximum atomic E-state index is 5.79. The van der Waals surface area contributed by atoms with Gasteiger partial charge in [-0.1, -0.05) is 26.3 Å². The summed E-state index contributed by atoms with van der Waals surface area (Å²) in [4.78, 5) is 6.63. The van der Waals surface area contributed by atoms with Crippen molar-refractivity contribution in [2.45, 2.75) is 33.2 Å². The van der Waals surface area contributed by atoms with E-state index in [2.05, 4.69) is 36.8 Å². The molecule has 1 rings (SSSR count). The van der Waals surface area contributed by atoms with Crippen LogP contribution in [0.3, 0.4) is 0 Å². The predicted molar refractivity (Wildman–Crippen MR) is 69.6 cm³/mol. The summed E-state index contributed by atoms with van der Waals surface area (Å²) in [5, 5.41) is 0. The molecule has 0 radical (unpaired) electrons. The monoisotopic (exact) mass is 221 g/mol. The molecule has 0 saturated heterocycles. The lowest BCUT2D eigenvalue weighted by Crippen LogP contribution is -2.24. The minimum Gasteiger partial charge on any atom is -0.359 e. The van der Waals surface area contributed by atoms with Gasteiger partial charge in [0.2, 0.25) is 0 Å². The summed E-state index contributed by atoms with van der Waals surface area (Å²) < 4.78 is 0. The van der Waals surface area contributed by atoms with Gasteiger partial charge in [0, 0.05) is 25.8 Å². The highest BCUT2D eigenvalue weighted by Crippen LogP contribution is 2.15. The lowest BCUT2D eigenvalue weighted by atomic mass is 10.1. The summed E-state index contributed by atoms with van der Waals surface area (Å²) in [6.45, 7) is 7.48. The molecule has 2 N–H and O–H groups in total. The molecule has 0 saturated carbocycles. The van der Waals surface area contributed by atoms with Gasteiger partial charge in [-0.05, 0) is 24.5 Å². The maximum absolute atomic E-state index is 5.79. The summed E-state index contributed by atoms with van der Waals surface area (Å²) in [6, 6.07) is 4.16. The van der Waals surface area contributed by atoms with E-state index in [0.717, 1.165) is 17.9 Å². The molecule has 3 heteroatoms. The van der Waals surface area contributed by atoms with Crippen molar-refractivity contribution < 1.29 is 0 Å². The minimum atomic E-state index is 0.0569. The third-order valence-corrected chi connectivity index (χ3v) is 2.97. The standard InChI is InChI=1S/C13H23N3/c1-5-10(2)9-16(4)13-7-6-12(8-15-13)11(3)14/h6-8,10-11H,5,9,14H2,1-4H3/t10?,11-/m0/s1. The summed E-state index contributed by atoms with van der Waals surface area (Å²) in [5.74, 6) is 1.71. The van der Waals surface area contributed by atoms with E-state index in [1.165, 1.54) is 6.42 Å². The van der Waals surface area contributed by atoms with E-state index >= 15 is 0 Å². The molecule has 1 aromatic heterocycles. The van der Waals surface area contributed by atoms with Gasteiger partial charge in [0.15, 0.2) is 0 Å². The van der Waals surface area contributed by atoms with Crippen LogP contribution in [-0.2, 0) is 0 Å². The first-order valence-corrected chi connectivity index (χ1v) is 5.97. The number of hydrogen-bond acceptors (Lipinski definition) is 3. The van der Waals surface area contributed by atoms with Crippen molar-refractivity contribution in [3.63, 3.8) is 0 Å². The third-order valence-electron chi connectivity index (χ3n) is 2.97. The lowest BCUT2D eigenvalue weighted by molar-refractivity contribution is 0.557. The van der Waals surface area contributed by atoms with Crippen molar-refractivity contribution in [2.24, 2.45) is 11.7 Å². The SMILES string of the molecule is CCC(C)CN(C)c1ccc([C@H](C)N)cn1. The summed E-state index contributed by atoms with van der Waals surface area (Å²) >= 11 is 0. The Morgan fingerprint density at radius 3 is 2.50 bits per heavy atom. The largest absolute Gasteiger partial charge is 0.359 e. The van der Waals surface area contributed by atoms with Crippen LogP contribution >= 0.6 is 0 Å². The van der Waals surface area contributed by atoms with E-state index in [1.807, 2.05) is 19.2 Å². The number of nitrogens with zero attached hydrogens (tertiary/aromatic N) is 2. The molecule has 0 amide bonds. The van der Waals surface area contributed by atoms with E-state index < -0.39 is 0 Å². The van der Waals surface area contributed by atoms with Crippen LogP contribution in [-0.4, -0.2) is 18.6 Å². The number of pyridine rings is 1. The molecule has 90 valence electrons. The van der Waals surface area contributed by atoms with E-state index in [-0.39, 0.29) is 6.04 Å². The fourth-order valence-electron chi connectivity index (χ4n) is 1.58. The second-order valence-corrected chi connectivity index (χ2v) is 4.63. The van der Waals surface area contributed by atoms with Gasteiger partial charge in [0.05, 0.1) is 0 Å². The first-order chi connectivity index (χ1) is 7.54. The fourth-order valence-corrected chi connectivity index (χ4v) is 1.58. The van der Waals surface area contributed by atoms with Gasteiger partial charge in [0.25, 0.3) is 0 Å². The molecule has 16 heavy (non-hydrogen) atoms. The highest BCUT2D eigenvalue weighted by molar-refractivity contribution is 5.38. The quantitative estimate of drug-likeness (QED) is 0.831. The van der Waals surface area contributed by atoms with E-state index in [9.17, 15) is 0 Å². The second-order valence-electron chi connectivity index (χ2n) is 4.63. The van der Waals surface area contributed by atoms with Crippen molar-refractivity contribution >= 4 is 5.82 Å². The van der Waals surface area contributed by atoms with Crippen LogP contribution in [0.15, 0.2) is 18.3 Å². The van der Waals surface area contributed by atoms with Crippen LogP contribution < -0.4 is 10.6 Å². The Hall–Kier alpha value is -1.09. The van der Waals surface area contributed by atoms with Crippen LogP contribution in [0.2, 0.25) is 0 Å². The molecule has 0 spiro atoms. The number of nitrogens with two attached hydrogens (primary N) is 1. The van der Waals surface area contributed by atoms with Crippen LogP contribution in [0.25, 0.3) is 0 Å². The van der Waals surface area contributed by atoms with Gasteiger partial charge in [-0.25, -0.2) is 4.98 Å². The van der Waals surface area contributed by atoms with Crippen LogP contribution in [0.1, 0.15) is 38.8 Å². The van der Waals surface area contributed by atoms with Crippen molar-refractivity contribution in [1.82, 2.24) is 4.98 Å². The molecule has 3 nitrogen and oxygen atoms in total. The predicted octanol–water partition coefficient (Wildman–Crippen LogP) is 2.58. The average molecular weight is 221 g/mol. The number of aromatic nitrogens is 1. The molecule has 0 aliphatic carbocycles. The molecule has 1 unspecified atom stereocenters. The van der Waals surface area contributed by atoms with Crippen LogP contribution in [0.5, 0.6) is 0 Å². The Morgan fingerprint density at radius 1 is 1.38 bits per heavy atom. The summed E-state index contributed by atoms with van der Waals surface area (Å²) in [6.07, 6.45) is 3.06. The Morgan fingerprint density at radius 2 is 2.06 bits per heavy atom. The summed E-state index contributed by atoms with van der Waals surface area (Å²) in [7, 11) is 2.08.